The highest BCUT2D eigenvalue weighted by Gasteiger charge is 2.18. The minimum Gasteiger partial charge on any atom is -0.479 e. The Morgan fingerprint density at radius 1 is 1.15 bits per heavy atom. The summed E-state index contributed by atoms with van der Waals surface area (Å²) in [5.74, 6) is 0.0615. The van der Waals surface area contributed by atoms with Gasteiger partial charge >= 0.3 is 5.97 Å². The molecule has 0 radical (unpaired) electrons. The van der Waals surface area contributed by atoms with Gasteiger partial charge in [0.25, 0.3) is 5.91 Å². The fourth-order valence-electron chi connectivity index (χ4n) is 2.32. The first-order valence-corrected chi connectivity index (χ1v) is 8.25. The van der Waals surface area contributed by atoms with Crippen molar-refractivity contribution >= 4 is 11.9 Å². The van der Waals surface area contributed by atoms with Crippen LogP contribution >= 0.6 is 0 Å². The highest BCUT2D eigenvalue weighted by Crippen LogP contribution is 2.32. The number of fused-ring (bicyclic) bond motifs is 1. The quantitative estimate of drug-likeness (QED) is 0.747. The molecule has 0 unspecified atom stereocenters. The maximum Gasteiger partial charge on any atom is 0.347 e. The van der Waals surface area contributed by atoms with Gasteiger partial charge in [0.05, 0.1) is 0 Å². The summed E-state index contributed by atoms with van der Waals surface area (Å²) < 4.78 is 33.6. The standard InChI is InChI=1S/C19H18FNO6/c1-12(27-15-5-3-14(20)4-6-15)19(23)24-10-18(22)21-9-13-2-7-16-17(8-13)26-11-25-16/h2-8,12H,9-11H2,1H3,(H,21,22)/t12-/m0/s1. The number of rotatable bonds is 7. The van der Waals surface area contributed by atoms with E-state index in [4.69, 9.17) is 18.9 Å². The molecule has 3 rings (SSSR count). The molecule has 1 aliphatic heterocycles. The van der Waals surface area contributed by atoms with Crippen LogP contribution in [0.4, 0.5) is 4.39 Å². The highest BCUT2D eigenvalue weighted by atomic mass is 19.1. The van der Waals surface area contributed by atoms with Gasteiger partial charge in [0, 0.05) is 6.54 Å². The Morgan fingerprint density at radius 3 is 2.67 bits per heavy atom. The van der Waals surface area contributed by atoms with Crippen molar-refractivity contribution in [3.63, 3.8) is 0 Å². The van der Waals surface area contributed by atoms with Crippen LogP contribution in [0.15, 0.2) is 42.5 Å². The van der Waals surface area contributed by atoms with Gasteiger partial charge in [-0.25, -0.2) is 9.18 Å². The Morgan fingerprint density at radius 2 is 1.89 bits per heavy atom. The smallest absolute Gasteiger partial charge is 0.347 e. The Kier molecular flexibility index (Phi) is 5.75. The predicted octanol–water partition coefficient (Wildman–Crippen LogP) is 2.18. The number of carbonyl (C=O) groups excluding carboxylic acids is 2. The van der Waals surface area contributed by atoms with E-state index in [0.717, 1.165) is 5.56 Å². The van der Waals surface area contributed by atoms with Crippen LogP contribution in [-0.4, -0.2) is 31.4 Å². The van der Waals surface area contributed by atoms with Crippen molar-refractivity contribution in [2.75, 3.05) is 13.4 Å². The fourth-order valence-corrected chi connectivity index (χ4v) is 2.32. The minimum absolute atomic E-state index is 0.180. The van der Waals surface area contributed by atoms with Crippen LogP contribution in [-0.2, 0) is 20.9 Å². The zero-order valence-corrected chi connectivity index (χ0v) is 14.6. The lowest BCUT2D eigenvalue weighted by Crippen LogP contribution is -2.32. The number of esters is 1. The second-order valence-corrected chi connectivity index (χ2v) is 5.79. The number of ether oxygens (including phenoxy) is 4. The molecule has 1 amide bonds. The molecule has 0 aromatic heterocycles. The Balaban J connectivity index is 1.40. The van der Waals surface area contributed by atoms with Crippen LogP contribution in [0.5, 0.6) is 17.2 Å². The number of amides is 1. The third kappa shape index (κ3) is 5.10. The summed E-state index contributed by atoms with van der Waals surface area (Å²) in [6, 6.07) is 10.6. The maximum atomic E-state index is 12.8. The second kappa shape index (κ2) is 8.39. The molecule has 0 spiro atoms. The largest absolute Gasteiger partial charge is 0.479 e. The number of halogens is 1. The normalized spacial score (nSPS) is 13.0. The molecule has 8 heteroatoms. The van der Waals surface area contributed by atoms with Crippen LogP contribution in [0.1, 0.15) is 12.5 Å². The lowest BCUT2D eigenvalue weighted by molar-refractivity contribution is -0.154. The Labute approximate surface area is 155 Å². The molecule has 1 aliphatic rings. The summed E-state index contributed by atoms with van der Waals surface area (Å²) in [7, 11) is 0. The molecule has 2 aromatic rings. The van der Waals surface area contributed by atoms with Crippen molar-refractivity contribution < 1.29 is 32.9 Å². The molecule has 1 atom stereocenters. The third-order valence-corrected chi connectivity index (χ3v) is 3.73. The summed E-state index contributed by atoms with van der Waals surface area (Å²) in [5, 5.41) is 2.65. The monoisotopic (exact) mass is 375 g/mol. The number of carbonyl (C=O) groups is 2. The van der Waals surface area contributed by atoms with Crippen molar-refractivity contribution in [2.24, 2.45) is 0 Å². The van der Waals surface area contributed by atoms with E-state index in [-0.39, 0.29) is 13.3 Å². The van der Waals surface area contributed by atoms with Crippen molar-refractivity contribution in [1.82, 2.24) is 5.32 Å². The SMILES string of the molecule is C[C@H](Oc1ccc(F)cc1)C(=O)OCC(=O)NCc1ccc2c(c1)OCO2. The van der Waals surface area contributed by atoms with E-state index in [1.165, 1.54) is 31.2 Å². The predicted molar refractivity (Wildman–Crippen MR) is 91.9 cm³/mol. The first-order valence-electron chi connectivity index (χ1n) is 8.25. The van der Waals surface area contributed by atoms with Gasteiger partial charge in [0.1, 0.15) is 11.6 Å². The maximum absolute atomic E-state index is 12.8. The molecule has 1 N–H and O–H groups in total. The summed E-state index contributed by atoms with van der Waals surface area (Å²) in [4.78, 5) is 23.7. The zero-order chi connectivity index (χ0) is 19.2. The van der Waals surface area contributed by atoms with E-state index in [1.807, 2.05) is 0 Å². The number of hydrogen-bond acceptors (Lipinski definition) is 6. The molecular formula is C19H18FNO6. The lowest BCUT2D eigenvalue weighted by Gasteiger charge is -2.14. The van der Waals surface area contributed by atoms with Crippen molar-refractivity contribution in [3.8, 4) is 17.2 Å². The average molecular weight is 375 g/mol. The van der Waals surface area contributed by atoms with Gasteiger partial charge in [-0.3, -0.25) is 4.79 Å². The van der Waals surface area contributed by atoms with Gasteiger partial charge in [0.15, 0.2) is 24.2 Å². The molecule has 0 bridgehead atoms. The van der Waals surface area contributed by atoms with E-state index in [1.54, 1.807) is 18.2 Å². The van der Waals surface area contributed by atoms with Gasteiger partial charge in [-0.05, 0) is 48.9 Å². The molecule has 0 aliphatic carbocycles. The van der Waals surface area contributed by atoms with E-state index < -0.39 is 30.4 Å². The first-order chi connectivity index (χ1) is 13.0. The Hall–Kier alpha value is -3.29. The third-order valence-electron chi connectivity index (χ3n) is 3.73. The van der Waals surface area contributed by atoms with Crippen molar-refractivity contribution in [1.29, 1.82) is 0 Å². The summed E-state index contributed by atoms with van der Waals surface area (Å²) >= 11 is 0. The lowest BCUT2D eigenvalue weighted by atomic mass is 10.2. The molecule has 1 heterocycles. The fraction of sp³-hybridized carbons (Fsp3) is 0.263. The van der Waals surface area contributed by atoms with Crippen LogP contribution in [0.2, 0.25) is 0 Å². The van der Waals surface area contributed by atoms with E-state index >= 15 is 0 Å². The summed E-state index contributed by atoms with van der Waals surface area (Å²) in [6.07, 6.45) is -0.933. The molecule has 0 fully saturated rings. The topological polar surface area (TPSA) is 83.1 Å². The van der Waals surface area contributed by atoms with Crippen molar-refractivity contribution in [2.45, 2.75) is 19.6 Å². The van der Waals surface area contributed by atoms with Gasteiger partial charge in [-0.1, -0.05) is 6.07 Å². The number of nitrogens with one attached hydrogen (secondary N) is 1. The van der Waals surface area contributed by atoms with Crippen LogP contribution < -0.4 is 19.5 Å². The van der Waals surface area contributed by atoms with Crippen LogP contribution in [0.3, 0.4) is 0 Å². The minimum atomic E-state index is -0.933. The molecule has 2 aromatic carbocycles. The molecule has 142 valence electrons. The van der Waals surface area contributed by atoms with Crippen LogP contribution in [0.25, 0.3) is 0 Å². The molecule has 27 heavy (non-hydrogen) atoms. The summed E-state index contributed by atoms with van der Waals surface area (Å²) in [5.41, 5.74) is 0.826. The molecular weight excluding hydrogens is 357 g/mol. The molecule has 7 nitrogen and oxygen atoms in total. The summed E-state index contributed by atoms with van der Waals surface area (Å²) in [6.45, 7) is 1.49. The zero-order valence-electron chi connectivity index (χ0n) is 14.6. The van der Waals surface area contributed by atoms with Gasteiger partial charge in [0.2, 0.25) is 6.79 Å². The van der Waals surface area contributed by atoms with E-state index in [2.05, 4.69) is 5.32 Å². The first kappa shape index (κ1) is 18.5. The second-order valence-electron chi connectivity index (χ2n) is 5.79. The van der Waals surface area contributed by atoms with Gasteiger partial charge < -0.3 is 24.3 Å². The van der Waals surface area contributed by atoms with Crippen molar-refractivity contribution in [3.05, 3.63) is 53.8 Å². The Bertz CT molecular complexity index is 823. The average Bonchev–Trinajstić information content (AvgIpc) is 3.14. The van der Waals surface area contributed by atoms with E-state index in [9.17, 15) is 14.0 Å². The van der Waals surface area contributed by atoms with Gasteiger partial charge in [-0.2, -0.15) is 0 Å². The van der Waals surface area contributed by atoms with Crippen LogP contribution in [0, 0.1) is 5.82 Å². The number of benzene rings is 2. The number of hydrogen-bond donors (Lipinski definition) is 1. The molecule has 0 saturated carbocycles. The van der Waals surface area contributed by atoms with Gasteiger partial charge in [-0.15, -0.1) is 0 Å². The van der Waals surface area contributed by atoms with E-state index in [0.29, 0.717) is 17.2 Å². The highest BCUT2D eigenvalue weighted by molar-refractivity contribution is 5.82. The molecule has 0 saturated heterocycles.